The van der Waals surface area contributed by atoms with Gasteiger partial charge in [0.15, 0.2) is 23.0 Å². The molecule has 5 nitrogen and oxygen atoms in total. The normalized spacial score (nSPS) is 11.0. The Labute approximate surface area is 120 Å². The standard InChI is InChI=1S/C16H14O5/c1-8(17)13-7-11-14(21-13)6-10-9(15(11)18)4-5-12(19-2)16(10)20-3/h4-7,18H,1-3H3. The van der Waals surface area contributed by atoms with E-state index in [-0.39, 0.29) is 17.3 Å². The number of aromatic hydroxyl groups is 1. The summed E-state index contributed by atoms with van der Waals surface area (Å²) < 4.78 is 16.1. The minimum Gasteiger partial charge on any atom is -0.507 e. The molecule has 0 fully saturated rings. The van der Waals surface area contributed by atoms with Gasteiger partial charge in [-0.15, -0.1) is 0 Å². The number of ether oxygens (including phenoxy) is 2. The van der Waals surface area contributed by atoms with E-state index in [0.29, 0.717) is 33.2 Å². The van der Waals surface area contributed by atoms with E-state index >= 15 is 0 Å². The molecule has 1 N–H and O–H groups in total. The Hall–Kier alpha value is -2.69. The van der Waals surface area contributed by atoms with Gasteiger partial charge in [0, 0.05) is 17.7 Å². The van der Waals surface area contributed by atoms with Crippen LogP contribution in [0.2, 0.25) is 0 Å². The Morgan fingerprint density at radius 3 is 2.48 bits per heavy atom. The van der Waals surface area contributed by atoms with E-state index in [1.165, 1.54) is 14.0 Å². The maximum absolute atomic E-state index is 11.4. The molecule has 0 aliphatic rings. The van der Waals surface area contributed by atoms with Crippen LogP contribution in [0.1, 0.15) is 17.5 Å². The van der Waals surface area contributed by atoms with E-state index in [2.05, 4.69) is 0 Å². The van der Waals surface area contributed by atoms with E-state index in [4.69, 9.17) is 13.9 Å². The molecule has 108 valence electrons. The van der Waals surface area contributed by atoms with Crippen molar-refractivity contribution in [2.24, 2.45) is 0 Å². The first-order valence-electron chi connectivity index (χ1n) is 6.38. The largest absolute Gasteiger partial charge is 0.507 e. The molecule has 0 atom stereocenters. The van der Waals surface area contributed by atoms with E-state index < -0.39 is 0 Å². The lowest BCUT2D eigenvalue weighted by atomic mass is 10.0. The molecule has 0 saturated heterocycles. The van der Waals surface area contributed by atoms with Crippen LogP contribution in [0, 0.1) is 0 Å². The van der Waals surface area contributed by atoms with Gasteiger partial charge in [-0.2, -0.15) is 0 Å². The molecule has 2 aromatic carbocycles. The molecule has 3 aromatic rings. The lowest BCUT2D eigenvalue weighted by molar-refractivity contribution is 0.0989. The van der Waals surface area contributed by atoms with Gasteiger partial charge < -0.3 is 19.0 Å². The minimum absolute atomic E-state index is 0.0553. The fourth-order valence-corrected chi connectivity index (χ4v) is 2.45. The minimum atomic E-state index is -0.195. The van der Waals surface area contributed by atoms with Gasteiger partial charge in [-0.25, -0.2) is 0 Å². The van der Waals surface area contributed by atoms with Crippen molar-refractivity contribution in [3.05, 3.63) is 30.0 Å². The molecule has 21 heavy (non-hydrogen) atoms. The smallest absolute Gasteiger partial charge is 0.194 e. The molecule has 1 aromatic heterocycles. The highest BCUT2D eigenvalue weighted by Crippen LogP contribution is 2.43. The SMILES string of the molecule is COc1ccc2c(O)c3cc(C(C)=O)oc3cc2c1OC. The number of furan rings is 1. The van der Waals surface area contributed by atoms with Gasteiger partial charge in [0.25, 0.3) is 0 Å². The van der Waals surface area contributed by atoms with Crippen molar-refractivity contribution in [1.82, 2.24) is 0 Å². The number of hydrogen-bond donors (Lipinski definition) is 1. The molecule has 5 heteroatoms. The number of phenols is 1. The molecule has 3 rings (SSSR count). The average Bonchev–Trinajstić information content (AvgIpc) is 2.90. The number of carbonyl (C=O) groups is 1. The molecule has 0 unspecified atom stereocenters. The van der Waals surface area contributed by atoms with Crippen molar-refractivity contribution in [2.45, 2.75) is 6.92 Å². The summed E-state index contributed by atoms with van der Waals surface area (Å²) in [5, 5.41) is 12.2. The molecule has 0 aliphatic heterocycles. The van der Waals surface area contributed by atoms with Gasteiger partial charge in [-0.3, -0.25) is 4.79 Å². The lowest BCUT2D eigenvalue weighted by Gasteiger charge is -2.11. The van der Waals surface area contributed by atoms with Crippen molar-refractivity contribution in [3.63, 3.8) is 0 Å². The van der Waals surface area contributed by atoms with Crippen LogP contribution < -0.4 is 9.47 Å². The second-order valence-electron chi connectivity index (χ2n) is 4.70. The molecular formula is C16H14O5. The second kappa shape index (κ2) is 4.70. The number of benzene rings is 2. The number of rotatable bonds is 3. The van der Waals surface area contributed by atoms with Crippen molar-refractivity contribution in [2.75, 3.05) is 14.2 Å². The van der Waals surface area contributed by atoms with Gasteiger partial charge in [-0.1, -0.05) is 0 Å². The number of ketones is 1. The third kappa shape index (κ3) is 1.89. The summed E-state index contributed by atoms with van der Waals surface area (Å²) in [6.07, 6.45) is 0. The zero-order chi connectivity index (χ0) is 15.1. The first-order valence-corrected chi connectivity index (χ1v) is 6.38. The first-order chi connectivity index (χ1) is 10.1. The van der Waals surface area contributed by atoms with Gasteiger partial charge in [-0.05, 0) is 24.3 Å². The van der Waals surface area contributed by atoms with E-state index in [1.54, 1.807) is 31.4 Å². The highest BCUT2D eigenvalue weighted by Gasteiger charge is 2.18. The summed E-state index contributed by atoms with van der Waals surface area (Å²) in [4.78, 5) is 11.4. The quantitative estimate of drug-likeness (QED) is 0.746. The number of phenolic OH excluding ortho intramolecular Hbond substituents is 1. The first kappa shape index (κ1) is 13.3. The average molecular weight is 286 g/mol. The Morgan fingerprint density at radius 2 is 1.86 bits per heavy atom. The maximum atomic E-state index is 11.4. The van der Waals surface area contributed by atoms with Crippen LogP contribution >= 0.6 is 0 Å². The van der Waals surface area contributed by atoms with Crippen LogP contribution in [0.25, 0.3) is 21.7 Å². The molecule has 1 heterocycles. The third-order valence-electron chi connectivity index (χ3n) is 3.48. The molecule has 0 bridgehead atoms. The highest BCUT2D eigenvalue weighted by atomic mass is 16.5. The molecule has 0 saturated carbocycles. The number of Topliss-reactive ketones (excluding diaryl/α,β-unsaturated/α-hetero) is 1. The van der Waals surface area contributed by atoms with Gasteiger partial charge in [0.1, 0.15) is 11.3 Å². The lowest BCUT2D eigenvalue weighted by Crippen LogP contribution is -1.91. The summed E-state index contributed by atoms with van der Waals surface area (Å²) in [6, 6.07) is 6.74. The summed E-state index contributed by atoms with van der Waals surface area (Å²) in [6.45, 7) is 1.41. The predicted molar refractivity (Wildman–Crippen MR) is 78.5 cm³/mol. The predicted octanol–water partition coefficient (Wildman–Crippen LogP) is 3.51. The van der Waals surface area contributed by atoms with Crippen molar-refractivity contribution < 1.29 is 23.8 Å². The van der Waals surface area contributed by atoms with Crippen LogP contribution in [-0.4, -0.2) is 25.1 Å². The van der Waals surface area contributed by atoms with E-state index in [1.807, 2.05) is 0 Å². The van der Waals surface area contributed by atoms with Crippen LogP contribution in [0.3, 0.4) is 0 Å². The fraction of sp³-hybridized carbons (Fsp3) is 0.188. The maximum Gasteiger partial charge on any atom is 0.194 e. The van der Waals surface area contributed by atoms with Gasteiger partial charge in [0.05, 0.1) is 19.6 Å². The zero-order valence-corrected chi connectivity index (χ0v) is 11.9. The summed E-state index contributed by atoms with van der Waals surface area (Å²) in [5.74, 6) is 1.13. The number of fused-ring (bicyclic) bond motifs is 2. The molecular weight excluding hydrogens is 272 g/mol. The molecule has 0 aliphatic carbocycles. The van der Waals surface area contributed by atoms with Crippen molar-refractivity contribution in [3.8, 4) is 17.2 Å². The van der Waals surface area contributed by atoms with Crippen molar-refractivity contribution >= 4 is 27.5 Å². The monoisotopic (exact) mass is 286 g/mol. The van der Waals surface area contributed by atoms with Gasteiger partial charge in [0.2, 0.25) is 0 Å². The Kier molecular flexibility index (Phi) is 2.97. The molecule has 0 spiro atoms. The van der Waals surface area contributed by atoms with Crippen LogP contribution in [0.4, 0.5) is 0 Å². The van der Waals surface area contributed by atoms with E-state index in [0.717, 1.165) is 0 Å². The Bertz CT molecular complexity index is 860. The molecule has 0 amide bonds. The van der Waals surface area contributed by atoms with E-state index in [9.17, 15) is 9.90 Å². The second-order valence-corrected chi connectivity index (χ2v) is 4.70. The number of carbonyl (C=O) groups excluding carboxylic acids is 1. The summed E-state index contributed by atoms with van der Waals surface area (Å²) >= 11 is 0. The summed E-state index contributed by atoms with van der Waals surface area (Å²) in [5.41, 5.74) is 0.428. The topological polar surface area (TPSA) is 68.9 Å². The van der Waals surface area contributed by atoms with Crippen molar-refractivity contribution in [1.29, 1.82) is 0 Å². The van der Waals surface area contributed by atoms with Crippen LogP contribution in [0.5, 0.6) is 17.2 Å². The zero-order valence-electron chi connectivity index (χ0n) is 11.9. The fourth-order valence-electron chi connectivity index (χ4n) is 2.45. The third-order valence-corrected chi connectivity index (χ3v) is 3.48. The van der Waals surface area contributed by atoms with Crippen LogP contribution in [0.15, 0.2) is 28.7 Å². The Balaban J connectivity index is 2.44. The number of methoxy groups -OCH3 is 2. The summed E-state index contributed by atoms with van der Waals surface area (Å²) in [7, 11) is 3.07. The van der Waals surface area contributed by atoms with Gasteiger partial charge >= 0.3 is 0 Å². The molecule has 0 radical (unpaired) electrons. The van der Waals surface area contributed by atoms with Crippen LogP contribution in [-0.2, 0) is 0 Å². The highest BCUT2D eigenvalue weighted by molar-refractivity contribution is 6.08. The Morgan fingerprint density at radius 1 is 1.10 bits per heavy atom. The number of hydrogen-bond acceptors (Lipinski definition) is 5.